The molecule has 148 valence electrons. The van der Waals surface area contributed by atoms with Crippen LogP contribution in [0.25, 0.3) is 11.4 Å². The number of hydrogen-bond acceptors (Lipinski definition) is 5. The van der Waals surface area contributed by atoms with E-state index in [4.69, 9.17) is 4.52 Å². The lowest BCUT2D eigenvalue weighted by Gasteiger charge is -2.70. The molecule has 6 fully saturated rings. The van der Waals surface area contributed by atoms with Gasteiger partial charge in [-0.3, -0.25) is 9.59 Å². The van der Waals surface area contributed by atoms with Gasteiger partial charge in [-0.1, -0.05) is 36.3 Å². The maximum absolute atomic E-state index is 13.3. The number of carbonyl (C=O) groups is 2. The second-order valence-corrected chi connectivity index (χ2v) is 9.73. The standard InChI is InChI=1S/C23H23N3O3/c1-3-10-4-6-11(7-5-10)20-25-21(29-26-20)9(2)24-22(28)23-16-13-8-12-14(16)18(23)19(27)15(12)17(13)23/h4-7,9,12-18H,3,8H2,1-2H3,(H,24,28). The third-order valence-corrected chi connectivity index (χ3v) is 9.04. The van der Waals surface area contributed by atoms with Crippen molar-refractivity contribution in [1.29, 1.82) is 0 Å². The number of hydrogen-bond donors (Lipinski definition) is 1. The molecular formula is C23H23N3O3. The predicted octanol–water partition coefficient (Wildman–Crippen LogP) is 2.80. The topological polar surface area (TPSA) is 85.1 Å². The molecule has 6 aliphatic carbocycles. The molecule has 1 N–H and O–H groups in total. The van der Waals surface area contributed by atoms with E-state index in [0.29, 0.717) is 47.1 Å². The average Bonchev–Trinajstić information content (AvgIpc) is 3.42. The van der Waals surface area contributed by atoms with Crippen LogP contribution in [0.15, 0.2) is 28.8 Å². The van der Waals surface area contributed by atoms with Crippen LogP contribution in [-0.4, -0.2) is 21.8 Å². The first-order valence-corrected chi connectivity index (χ1v) is 10.8. The van der Waals surface area contributed by atoms with E-state index in [1.165, 1.54) is 12.0 Å². The largest absolute Gasteiger partial charge is 0.344 e. The number of amides is 1. The van der Waals surface area contributed by atoms with Gasteiger partial charge in [-0.2, -0.15) is 4.98 Å². The Bertz CT molecular complexity index is 1080. The highest BCUT2D eigenvalue weighted by Crippen LogP contribution is 2.92. The molecule has 0 saturated heterocycles. The van der Waals surface area contributed by atoms with Gasteiger partial charge >= 0.3 is 0 Å². The summed E-state index contributed by atoms with van der Waals surface area (Å²) in [6, 6.07) is 7.74. The molecule has 6 nitrogen and oxygen atoms in total. The number of nitrogens with zero attached hydrogens (tertiary/aromatic N) is 2. The SMILES string of the molecule is CCc1ccc(-c2noc(C(C)NC(=O)C34C5C(=O)C6C7CC(C63)C4C75)n2)cc1. The molecule has 6 heteroatoms. The molecule has 9 atom stereocenters. The van der Waals surface area contributed by atoms with Crippen molar-refractivity contribution in [2.75, 3.05) is 0 Å². The van der Waals surface area contributed by atoms with Crippen LogP contribution in [-0.2, 0) is 16.0 Å². The van der Waals surface area contributed by atoms with Crippen molar-refractivity contribution in [1.82, 2.24) is 15.5 Å². The van der Waals surface area contributed by atoms with Crippen molar-refractivity contribution in [2.24, 2.45) is 46.8 Å². The molecular weight excluding hydrogens is 366 g/mol. The first-order chi connectivity index (χ1) is 14.1. The molecule has 0 radical (unpaired) electrons. The average molecular weight is 389 g/mol. The Morgan fingerprint density at radius 3 is 2.79 bits per heavy atom. The van der Waals surface area contributed by atoms with Gasteiger partial charge in [-0.15, -0.1) is 0 Å². The van der Waals surface area contributed by atoms with Crippen molar-refractivity contribution in [2.45, 2.75) is 32.7 Å². The molecule has 1 amide bonds. The highest BCUT2D eigenvalue weighted by Gasteiger charge is 2.96. The monoisotopic (exact) mass is 389 g/mol. The fraction of sp³-hybridized carbons (Fsp3) is 0.565. The summed E-state index contributed by atoms with van der Waals surface area (Å²) in [5, 5.41) is 7.21. The van der Waals surface area contributed by atoms with E-state index in [-0.39, 0.29) is 23.8 Å². The molecule has 6 aliphatic rings. The number of aromatic nitrogens is 2. The lowest BCUT2D eigenvalue weighted by molar-refractivity contribution is -0.249. The Morgan fingerprint density at radius 2 is 2.07 bits per heavy atom. The van der Waals surface area contributed by atoms with Crippen molar-refractivity contribution in [3.8, 4) is 11.4 Å². The van der Waals surface area contributed by atoms with E-state index < -0.39 is 5.41 Å². The minimum absolute atomic E-state index is 0.00576. The Balaban J connectivity index is 1.11. The van der Waals surface area contributed by atoms with Crippen LogP contribution in [0.1, 0.15) is 37.8 Å². The number of aryl methyl sites for hydroxylation is 1. The van der Waals surface area contributed by atoms with Gasteiger partial charge in [0.2, 0.25) is 17.6 Å². The molecule has 8 rings (SSSR count). The lowest BCUT2D eigenvalue weighted by Crippen LogP contribution is -2.75. The number of nitrogens with one attached hydrogen (secondary N) is 1. The molecule has 1 aromatic carbocycles. The molecule has 1 aromatic heterocycles. The summed E-state index contributed by atoms with van der Waals surface area (Å²) in [7, 11) is 0. The molecule has 1 heterocycles. The van der Waals surface area contributed by atoms with Gasteiger partial charge in [-0.25, -0.2) is 0 Å². The maximum atomic E-state index is 13.3. The zero-order valence-corrected chi connectivity index (χ0v) is 16.5. The molecule has 6 saturated carbocycles. The molecule has 0 spiro atoms. The highest BCUT2D eigenvalue weighted by atomic mass is 16.5. The van der Waals surface area contributed by atoms with E-state index in [9.17, 15) is 9.59 Å². The van der Waals surface area contributed by atoms with Crippen LogP contribution in [0.4, 0.5) is 0 Å². The number of carbonyl (C=O) groups excluding carboxylic acids is 2. The number of rotatable bonds is 5. The Hall–Kier alpha value is -2.50. The van der Waals surface area contributed by atoms with Crippen molar-refractivity contribution >= 4 is 11.7 Å². The van der Waals surface area contributed by atoms with E-state index in [1.54, 1.807) is 0 Å². The van der Waals surface area contributed by atoms with Gasteiger partial charge in [0.15, 0.2) is 0 Å². The number of benzene rings is 1. The Kier molecular flexibility index (Phi) is 2.80. The molecule has 9 unspecified atom stereocenters. The van der Waals surface area contributed by atoms with Gasteiger partial charge in [0.05, 0.1) is 5.41 Å². The van der Waals surface area contributed by atoms with Crippen LogP contribution in [0.2, 0.25) is 0 Å². The predicted molar refractivity (Wildman–Crippen MR) is 102 cm³/mol. The van der Waals surface area contributed by atoms with Crippen LogP contribution in [0.3, 0.4) is 0 Å². The van der Waals surface area contributed by atoms with Crippen molar-refractivity contribution in [3.05, 3.63) is 35.7 Å². The fourth-order valence-corrected chi connectivity index (χ4v) is 8.22. The third-order valence-electron chi connectivity index (χ3n) is 9.04. The summed E-state index contributed by atoms with van der Waals surface area (Å²) in [4.78, 5) is 30.6. The third kappa shape index (κ3) is 1.58. The zero-order chi connectivity index (χ0) is 19.7. The van der Waals surface area contributed by atoms with Crippen LogP contribution >= 0.6 is 0 Å². The van der Waals surface area contributed by atoms with Crippen LogP contribution in [0.5, 0.6) is 0 Å². The minimum Gasteiger partial charge on any atom is -0.344 e. The van der Waals surface area contributed by atoms with Crippen molar-refractivity contribution < 1.29 is 14.1 Å². The second-order valence-electron chi connectivity index (χ2n) is 9.73. The molecule has 0 aliphatic heterocycles. The van der Waals surface area contributed by atoms with Gasteiger partial charge in [-0.05, 0) is 54.9 Å². The van der Waals surface area contributed by atoms with E-state index >= 15 is 0 Å². The van der Waals surface area contributed by atoms with Crippen LogP contribution < -0.4 is 5.32 Å². The van der Waals surface area contributed by atoms with Gasteiger partial charge < -0.3 is 9.84 Å². The summed E-state index contributed by atoms with van der Waals surface area (Å²) >= 11 is 0. The van der Waals surface area contributed by atoms with Gasteiger partial charge in [0.25, 0.3) is 0 Å². The molecule has 4 bridgehead atoms. The fourth-order valence-electron chi connectivity index (χ4n) is 8.22. The minimum atomic E-state index is -0.406. The van der Waals surface area contributed by atoms with E-state index in [1.807, 2.05) is 19.1 Å². The van der Waals surface area contributed by atoms with E-state index in [2.05, 4.69) is 34.5 Å². The summed E-state index contributed by atoms with van der Waals surface area (Å²) in [5.74, 6) is 4.03. The number of Topliss-reactive ketones (excluding diaryl/α,β-unsaturated/α-hetero) is 1. The van der Waals surface area contributed by atoms with Crippen molar-refractivity contribution in [3.63, 3.8) is 0 Å². The quantitative estimate of drug-likeness (QED) is 0.850. The normalized spacial score (nSPS) is 42.7. The molecule has 29 heavy (non-hydrogen) atoms. The van der Waals surface area contributed by atoms with Gasteiger partial charge in [0, 0.05) is 17.4 Å². The Labute approximate surface area is 168 Å². The first-order valence-electron chi connectivity index (χ1n) is 10.8. The highest BCUT2D eigenvalue weighted by molar-refractivity contribution is 6.04. The summed E-state index contributed by atoms with van der Waals surface area (Å²) in [6.45, 7) is 4.00. The Morgan fingerprint density at radius 1 is 1.28 bits per heavy atom. The van der Waals surface area contributed by atoms with Crippen LogP contribution in [0, 0.1) is 46.8 Å². The van der Waals surface area contributed by atoms with Gasteiger partial charge in [0.1, 0.15) is 11.8 Å². The maximum Gasteiger partial charge on any atom is 0.249 e. The smallest absolute Gasteiger partial charge is 0.249 e. The number of ketones is 1. The summed E-state index contributed by atoms with van der Waals surface area (Å²) in [6.07, 6.45) is 2.17. The van der Waals surface area contributed by atoms with E-state index in [0.717, 1.165) is 12.0 Å². The summed E-state index contributed by atoms with van der Waals surface area (Å²) < 4.78 is 5.45. The first kappa shape index (κ1) is 16.3. The second kappa shape index (κ2) is 4.97. The zero-order valence-electron chi connectivity index (χ0n) is 16.5. The lowest BCUT2D eigenvalue weighted by atomic mass is 9.31. The summed E-state index contributed by atoms with van der Waals surface area (Å²) in [5.41, 5.74) is 1.75. The molecule has 2 aromatic rings.